The molecule has 0 saturated heterocycles. The first-order valence-electron chi connectivity index (χ1n) is 8.39. The van der Waals surface area contributed by atoms with Gasteiger partial charge in [0.1, 0.15) is 10.5 Å². The Balaban J connectivity index is 2.13. The second-order valence-corrected chi connectivity index (χ2v) is 6.63. The Kier molecular flexibility index (Phi) is 5.23. The van der Waals surface area contributed by atoms with Crippen LogP contribution in [0.15, 0.2) is 24.3 Å². The molecule has 0 bridgehead atoms. The average Bonchev–Trinajstić information content (AvgIpc) is 2.57. The van der Waals surface area contributed by atoms with E-state index in [4.69, 9.17) is 21.9 Å². The topological polar surface area (TPSA) is 27.1 Å². The number of rotatable bonds is 5. The van der Waals surface area contributed by atoms with Gasteiger partial charge in [0.25, 0.3) is 0 Å². The lowest BCUT2D eigenvalue weighted by Crippen LogP contribution is -2.19. The van der Waals surface area contributed by atoms with Gasteiger partial charge in [0, 0.05) is 37.1 Å². The van der Waals surface area contributed by atoms with Gasteiger partial charge >= 0.3 is 0 Å². The number of methoxy groups -OCH3 is 1. The van der Waals surface area contributed by atoms with Crippen molar-refractivity contribution >= 4 is 12.2 Å². The fourth-order valence-electron chi connectivity index (χ4n) is 3.38. The molecule has 4 heteroatoms. The fraction of sp³-hybridized carbons (Fsp3) is 0.474. The van der Waals surface area contributed by atoms with Crippen molar-refractivity contribution in [3.63, 3.8) is 0 Å². The number of nitrogens with zero attached hydrogens (tertiary/aromatic N) is 2. The van der Waals surface area contributed by atoms with Crippen molar-refractivity contribution in [2.45, 2.75) is 45.6 Å². The number of benzene rings is 1. The molecule has 3 nitrogen and oxygen atoms in total. The third kappa shape index (κ3) is 3.54. The van der Waals surface area contributed by atoms with Crippen LogP contribution in [0.5, 0.6) is 0 Å². The van der Waals surface area contributed by atoms with E-state index in [1.54, 1.807) is 7.11 Å². The molecule has 0 aliphatic heterocycles. The highest BCUT2D eigenvalue weighted by Gasteiger charge is 2.19. The lowest BCUT2D eigenvalue weighted by atomic mass is 9.96. The van der Waals surface area contributed by atoms with Crippen molar-refractivity contribution < 1.29 is 4.74 Å². The van der Waals surface area contributed by atoms with E-state index in [0.29, 0.717) is 0 Å². The van der Waals surface area contributed by atoms with Gasteiger partial charge in [-0.15, -0.1) is 0 Å². The van der Waals surface area contributed by atoms with Crippen molar-refractivity contribution in [3.05, 3.63) is 45.7 Å². The first-order chi connectivity index (χ1) is 11.2. The van der Waals surface area contributed by atoms with Crippen LogP contribution in [0.1, 0.15) is 36.1 Å². The minimum atomic E-state index is 0.769. The molecule has 0 spiro atoms. The van der Waals surface area contributed by atoms with Crippen LogP contribution >= 0.6 is 12.2 Å². The highest BCUT2D eigenvalue weighted by Crippen LogP contribution is 2.28. The van der Waals surface area contributed by atoms with Gasteiger partial charge in [-0.1, -0.05) is 36.0 Å². The molecule has 0 radical (unpaired) electrons. The van der Waals surface area contributed by atoms with Gasteiger partial charge in [0.05, 0.1) is 0 Å². The normalized spacial score (nSPS) is 13.8. The summed E-state index contributed by atoms with van der Waals surface area (Å²) in [6.07, 6.45) is 5.63. The molecule has 0 amide bonds. The van der Waals surface area contributed by atoms with E-state index in [2.05, 4.69) is 35.8 Å². The Bertz CT molecular complexity index is 752. The highest BCUT2D eigenvalue weighted by molar-refractivity contribution is 7.71. The molecule has 0 atom stereocenters. The minimum Gasteiger partial charge on any atom is -0.385 e. The van der Waals surface area contributed by atoms with Crippen molar-refractivity contribution in [1.29, 1.82) is 0 Å². The zero-order valence-electron chi connectivity index (χ0n) is 14.0. The molecule has 1 aromatic carbocycles. The van der Waals surface area contributed by atoms with Crippen LogP contribution in [-0.2, 0) is 24.1 Å². The third-order valence-electron chi connectivity index (χ3n) is 4.49. The molecule has 0 N–H and O–H groups in total. The maximum absolute atomic E-state index is 5.61. The molecule has 2 aromatic rings. The second-order valence-electron chi connectivity index (χ2n) is 6.24. The first kappa shape index (κ1) is 16.3. The predicted molar refractivity (Wildman–Crippen MR) is 96.4 cm³/mol. The largest absolute Gasteiger partial charge is 0.385 e. The third-order valence-corrected chi connectivity index (χ3v) is 4.83. The van der Waals surface area contributed by atoms with Gasteiger partial charge < -0.3 is 9.30 Å². The summed E-state index contributed by atoms with van der Waals surface area (Å²) >= 11 is 5.61. The average molecular weight is 328 g/mol. The number of aryl methyl sites for hydroxylation is 1. The summed E-state index contributed by atoms with van der Waals surface area (Å²) in [7, 11) is 1.76. The molecule has 3 rings (SSSR count). The van der Waals surface area contributed by atoms with E-state index in [0.717, 1.165) is 48.4 Å². The summed E-state index contributed by atoms with van der Waals surface area (Å²) in [5, 5.41) is 0. The van der Waals surface area contributed by atoms with Gasteiger partial charge in [0.15, 0.2) is 0 Å². The Labute approximate surface area is 143 Å². The zero-order valence-corrected chi connectivity index (χ0v) is 14.8. The Morgan fingerprint density at radius 2 is 2.09 bits per heavy atom. The molecule has 1 aliphatic rings. The second kappa shape index (κ2) is 7.37. The van der Waals surface area contributed by atoms with E-state index >= 15 is 0 Å². The smallest absolute Gasteiger partial charge is 0.141 e. The monoisotopic (exact) mass is 328 g/mol. The van der Waals surface area contributed by atoms with E-state index in [1.807, 2.05) is 0 Å². The van der Waals surface area contributed by atoms with E-state index in [1.165, 1.54) is 29.7 Å². The number of aromatic nitrogens is 2. The van der Waals surface area contributed by atoms with Gasteiger partial charge in [-0.05, 0) is 45.1 Å². The molecule has 0 fully saturated rings. The van der Waals surface area contributed by atoms with Crippen LogP contribution in [0.3, 0.4) is 0 Å². The maximum Gasteiger partial charge on any atom is 0.141 e. The molecule has 0 unspecified atom stereocenters. The van der Waals surface area contributed by atoms with Gasteiger partial charge in [0.2, 0.25) is 0 Å². The molecular weight excluding hydrogens is 304 g/mol. The molecule has 1 aliphatic carbocycles. The van der Waals surface area contributed by atoms with Gasteiger partial charge in [-0.2, -0.15) is 0 Å². The lowest BCUT2D eigenvalue weighted by molar-refractivity contribution is 0.190. The van der Waals surface area contributed by atoms with Crippen LogP contribution in [0.25, 0.3) is 11.4 Å². The first-order valence-corrected chi connectivity index (χ1v) is 8.80. The predicted octanol–water partition coefficient (Wildman–Crippen LogP) is 4.50. The summed E-state index contributed by atoms with van der Waals surface area (Å²) in [4.78, 5) is 4.81. The van der Waals surface area contributed by atoms with Crippen molar-refractivity contribution in [2.24, 2.45) is 0 Å². The summed E-state index contributed by atoms with van der Waals surface area (Å²) in [5.74, 6) is 1.01. The molecule has 23 heavy (non-hydrogen) atoms. The number of hydrogen-bond acceptors (Lipinski definition) is 3. The van der Waals surface area contributed by atoms with Crippen LogP contribution in [0.4, 0.5) is 0 Å². The van der Waals surface area contributed by atoms with Gasteiger partial charge in [-0.3, -0.25) is 0 Å². The van der Waals surface area contributed by atoms with Gasteiger partial charge in [-0.25, -0.2) is 4.98 Å². The molecule has 0 saturated carbocycles. The number of ether oxygens (including phenoxy) is 1. The SMILES string of the molecule is COCCCn1c(-c2cccc(C)c2)nc(=S)c2c1CCCC2. The maximum atomic E-state index is 5.61. The molecular formula is C19H24N2OS. The van der Waals surface area contributed by atoms with E-state index in [-0.39, 0.29) is 0 Å². The minimum absolute atomic E-state index is 0.769. The summed E-state index contributed by atoms with van der Waals surface area (Å²) in [5.41, 5.74) is 5.09. The molecule has 1 aromatic heterocycles. The zero-order chi connectivity index (χ0) is 16.2. The van der Waals surface area contributed by atoms with Crippen LogP contribution in [-0.4, -0.2) is 23.3 Å². The Hall–Kier alpha value is -1.52. The van der Waals surface area contributed by atoms with Crippen LogP contribution < -0.4 is 0 Å². The van der Waals surface area contributed by atoms with Crippen molar-refractivity contribution in [3.8, 4) is 11.4 Å². The molecule has 1 heterocycles. The quantitative estimate of drug-likeness (QED) is 0.597. The van der Waals surface area contributed by atoms with Crippen molar-refractivity contribution in [1.82, 2.24) is 9.55 Å². The summed E-state index contributed by atoms with van der Waals surface area (Å²) < 4.78 is 8.42. The Morgan fingerprint density at radius 3 is 2.87 bits per heavy atom. The standard InChI is InChI=1S/C19H24N2OS/c1-14-7-5-8-15(13-14)18-20-19(23)16-9-3-4-10-17(16)21(18)11-6-12-22-2/h5,7-8,13H,3-4,6,9-12H2,1-2H3. The van der Waals surface area contributed by atoms with Crippen molar-refractivity contribution in [2.75, 3.05) is 13.7 Å². The number of hydrogen-bond donors (Lipinski definition) is 0. The Morgan fingerprint density at radius 1 is 1.26 bits per heavy atom. The number of fused-ring (bicyclic) bond motifs is 1. The molecule has 122 valence electrons. The highest BCUT2D eigenvalue weighted by atomic mass is 32.1. The summed E-state index contributed by atoms with van der Waals surface area (Å²) in [6.45, 7) is 3.82. The van der Waals surface area contributed by atoms with E-state index < -0.39 is 0 Å². The van der Waals surface area contributed by atoms with Crippen LogP contribution in [0.2, 0.25) is 0 Å². The summed E-state index contributed by atoms with van der Waals surface area (Å²) in [6, 6.07) is 8.53. The lowest BCUT2D eigenvalue weighted by Gasteiger charge is -2.24. The van der Waals surface area contributed by atoms with Crippen LogP contribution in [0, 0.1) is 11.6 Å². The van der Waals surface area contributed by atoms with E-state index in [9.17, 15) is 0 Å². The fourth-order valence-corrected chi connectivity index (χ4v) is 3.69.